The number of nitrogens with zero attached hydrogens (tertiary/aromatic N) is 2. The topological polar surface area (TPSA) is 33.2 Å². The van der Waals surface area contributed by atoms with Crippen LogP contribution in [0, 0.1) is 5.92 Å². The number of hydrogen-bond donors (Lipinski definition) is 0. The average molecular weight is 268 g/mol. The Morgan fingerprint density at radius 1 is 1.22 bits per heavy atom. The fraction of sp³-hybridized carbons (Fsp3) is 0.714. The van der Waals surface area contributed by atoms with Crippen molar-refractivity contribution in [2.45, 2.75) is 53.5 Å². The third kappa shape index (κ3) is 3.55. The number of carbonyl (C=O) groups is 1. The molecule has 102 valence electrons. The normalized spacial score (nSPS) is 11.6. The molecule has 0 bridgehead atoms. The molecule has 18 heavy (non-hydrogen) atoms. The summed E-state index contributed by atoms with van der Waals surface area (Å²) < 4.78 is 0. The van der Waals surface area contributed by atoms with Crippen LogP contribution in [0.4, 0.5) is 5.13 Å². The first kappa shape index (κ1) is 15.2. The van der Waals surface area contributed by atoms with Gasteiger partial charge in [0.2, 0.25) is 0 Å². The molecule has 0 aliphatic heterocycles. The Bertz CT molecular complexity index is 396. The van der Waals surface area contributed by atoms with Gasteiger partial charge in [0.25, 0.3) is 0 Å². The van der Waals surface area contributed by atoms with Crippen LogP contribution in [0.15, 0.2) is 0 Å². The summed E-state index contributed by atoms with van der Waals surface area (Å²) in [4.78, 5) is 18.8. The molecule has 3 nitrogen and oxygen atoms in total. The van der Waals surface area contributed by atoms with Gasteiger partial charge in [0.05, 0.1) is 10.6 Å². The number of anilines is 1. The van der Waals surface area contributed by atoms with Gasteiger partial charge in [0, 0.05) is 12.6 Å². The molecule has 0 aromatic carbocycles. The van der Waals surface area contributed by atoms with Gasteiger partial charge in [-0.3, -0.25) is 4.79 Å². The van der Waals surface area contributed by atoms with E-state index in [1.165, 1.54) is 11.3 Å². The minimum atomic E-state index is 0.295. The standard InChI is InChI=1S/C14H24N2OS/c1-9(2)7-16(11(5)6)14-15-13(10(3)4)12(8-17)18-14/h8-11H,7H2,1-6H3. The van der Waals surface area contributed by atoms with Crippen molar-refractivity contribution < 1.29 is 4.79 Å². The lowest BCUT2D eigenvalue weighted by Gasteiger charge is -2.27. The number of aromatic nitrogens is 1. The Hall–Kier alpha value is -0.900. The van der Waals surface area contributed by atoms with E-state index >= 15 is 0 Å². The molecule has 0 radical (unpaired) electrons. The van der Waals surface area contributed by atoms with Gasteiger partial charge in [0.15, 0.2) is 11.4 Å². The second-order valence-corrected chi connectivity index (χ2v) is 6.67. The van der Waals surface area contributed by atoms with Crippen molar-refractivity contribution in [2.75, 3.05) is 11.4 Å². The van der Waals surface area contributed by atoms with Crippen molar-refractivity contribution in [3.05, 3.63) is 10.6 Å². The number of rotatable bonds is 6. The fourth-order valence-corrected chi connectivity index (χ4v) is 3.03. The summed E-state index contributed by atoms with van der Waals surface area (Å²) >= 11 is 1.51. The number of thiazole rings is 1. The molecule has 0 saturated heterocycles. The van der Waals surface area contributed by atoms with E-state index in [1.807, 2.05) is 0 Å². The lowest BCUT2D eigenvalue weighted by atomic mass is 10.1. The van der Waals surface area contributed by atoms with Crippen molar-refractivity contribution in [1.29, 1.82) is 0 Å². The lowest BCUT2D eigenvalue weighted by molar-refractivity contribution is 0.112. The van der Waals surface area contributed by atoms with Crippen LogP contribution in [0.2, 0.25) is 0 Å². The Balaban J connectivity index is 3.09. The highest BCUT2D eigenvalue weighted by Gasteiger charge is 2.20. The van der Waals surface area contributed by atoms with Crippen molar-refractivity contribution in [2.24, 2.45) is 5.92 Å². The Morgan fingerprint density at radius 2 is 1.83 bits per heavy atom. The summed E-state index contributed by atoms with van der Waals surface area (Å²) in [6.07, 6.45) is 0.935. The monoisotopic (exact) mass is 268 g/mol. The van der Waals surface area contributed by atoms with Crippen LogP contribution >= 0.6 is 11.3 Å². The van der Waals surface area contributed by atoms with Gasteiger partial charge in [-0.25, -0.2) is 4.98 Å². The van der Waals surface area contributed by atoms with Crippen molar-refractivity contribution in [3.63, 3.8) is 0 Å². The molecule has 4 heteroatoms. The van der Waals surface area contributed by atoms with Crippen molar-refractivity contribution >= 4 is 22.8 Å². The van der Waals surface area contributed by atoms with Crippen LogP contribution in [0.3, 0.4) is 0 Å². The van der Waals surface area contributed by atoms with Gasteiger partial charge < -0.3 is 4.90 Å². The lowest BCUT2D eigenvalue weighted by Crippen LogP contribution is -2.34. The highest BCUT2D eigenvalue weighted by molar-refractivity contribution is 7.17. The van der Waals surface area contributed by atoms with Gasteiger partial charge >= 0.3 is 0 Å². The van der Waals surface area contributed by atoms with Gasteiger partial charge in [-0.2, -0.15) is 0 Å². The zero-order valence-corrected chi connectivity index (χ0v) is 13.0. The van der Waals surface area contributed by atoms with Crippen molar-refractivity contribution in [3.8, 4) is 0 Å². The maximum Gasteiger partial charge on any atom is 0.186 e. The molecule has 1 aromatic rings. The van der Waals surface area contributed by atoms with E-state index in [0.29, 0.717) is 17.9 Å². The predicted octanol–water partition coefficient (Wildman–Crippen LogP) is 3.95. The molecular weight excluding hydrogens is 244 g/mol. The summed E-state index contributed by atoms with van der Waals surface area (Å²) in [5.41, 5.74) is 0.930. The molecule has 0 amide bonds. The molecule has 0 saturated carbocycles. The molecule has 1 aromatic heterocycles. The largest absolute Gasteiger partial charge is 0.345 e. The minimum absolute atomic E-state index is 0.295. The SMILES string of the molecule is CC(C)CN(c1nc(C(C)C)c(C=O)s1)C(C)C. The third-order valence-corrected chi connectivity index (χ3v) is 3.79. The summed E-state index contributed by atoms with van der Waals surface area (Å²) in [6.45, 7) is 13.9. The highest BCUT2D eigenvalue weighted by atomic mass is 32.1. The van der Waals surface area contributed by atoms with Gasteiger partial charge in [-0.1, -0.05) is 39.0 Å². The van der Waals surface area contributed by atoms with E-state index in [0.717, 1.165) is 28.5 Å². The number of carbonyl (C=O) groups excluding carboxylic acids is 1. The summed E-state index contributed by atoms with van der Waals surface area (Å²) in [5, 5.41) is 0.976. The first-order chi connectivity index (χ1) is 8.36. The molecule has 0 fully saturated rings. The minimum Gasteiger partial charge on any atom is -0.345 e. The first-order valence-electron chi connectivity index (χ1n) is 6.59. The fourth-order valence-electron chi connectivity index (χ4n) is 1.86. The number of aldehydes is 1. The molecular formula is C14H24N2OS. The molecule has 0 aliphatic rings. The second-order valence-electron chi connectivity index (χ2n) is 5.66. The Kier molecular flexibility index (Phi) is 5.32. The van der Waals surface area contributed by atoms with Gasteiger partial charge in [0.1, 0.15) is 0 Å². The number of hydrogen-bond acceptors (Lipinski definition) is 4. The van der Waals surface area contributed by atoms with Crippen LogP contribution < -0.4 is 4.90 Å². The smallest absolute Gasteiger partial charge is 0.186 e. The molecule has 0 N–H and O–H groups in total. The van der Waals surface area contributed by atoms with E-state index in [-0.39, 0.29) is 0 Å². The maximum absolute atomic E-state index is 11.1. The van der Waals surface area contributed by atoms with E-state index in [1.54, 1.807) is 0 Å². The van der Waals surface area contributed by atoms with Crippen LogP contribution in [0.1, 0.15) is 62.8 Å². The third-order valence-electron chi connectivity index (χ3n) is 2.75. The summed E-state index contributed by atoms with van der Waals surface area (Å²) in [6, 6.07) is 0.401. The van der Waals surface area contributed by atoms with E-state index in [2.05, 4.69) is 51.4 Å². The van der Waals surface area contributed by atoms with E-state index < -0.39 is 0 Å². The van der Waals surface area contributed by atoms with Crippen LogP contribution in [-0.4, -0.2) is 23.9 Å². The summed E-state index contributed by atoms with van der Waals surface area (Å²) in [7, 11) is 0. The predicted molar refractivity (Wildman–Crippen MR) is 78.9 cm³/mol. The van der Waals surface area contributed by atoms with Crippen LogP contribution in [0.25, 0.3) is 0 Å². The molecule has 0 unspecified atom stereocenters. The zero-order valence-electron chi connectivity index (χ0n) is 12.2. The van der Waals surface area contributed by atoms with Crippen molar-refractivity contribution in [1.82, 2.24) is 4.98 Å². The molecule has 1 heterocycles. The summed E-state index contributed by atoms with van der Waals surface area (Å²) in [5.74, 6) is 0.877. The van der Waals surface area contributed by atoms with Crippen LogP contribution in [-0.2, 0) is 0 Å². The zero-order chi connectivity index (χ0) is 13.9. The molecule has 0 atom stereocenters. The quantitative estimate of drug-likeness (QED) is 0.732. The van der Waals surface area contributed by atoms with Gasteiger partial charge in [-0.05, 0) is 25.7 Å². The molecule has 0 spiro atoms. The van der Waals surface area contributed by atoms with Gasteiger partial charge in [-0.15, -0.1) is 0 Å². The van der Waals surface area contributed by atoms with Crippen LogP contribution in [0.5, 0.6) is 0 Å². The Morgan fingerprint density at radius 3 is 2.17 bits per heavy atom. The highest BCUT2D eigenvalue weighted by Crippen LogP contribution is 2.31. The Labute approximate surface area is 114 Å². The van der Waals surface area contributed by atoms with E-state index in [9.17, 15) is 4.79 Å². The average Bonchev–Trinajstić information content (AvgIpc) is 2.68. The molecule has 0 aliphatic carbocycles. The molecule has 1 rings (SSSR count). The first-order valence-corrected chi connectivity index (χ1v) is 7.41. The maximum atomic E-state index is 11.1. The second kappa shape index (κ2) is 6.32. The van der Waals surface area contributed by atoms with E-state index in [4.69, 9.17) is 0 Å².